The van der Waals surface area contributed by atoms with E-state index in [2.05, 4.69) is 24.9 Å². The monoisotopic (exact) mass is 920 g/mol. The molecular weight excluding hydrogens is 842 g/mol. The first-order valence-electron chi connectivity index (χ1n) is 24.7. The average Bonchev–Trinajstić information content (AvgIpc) is 3.30. The third kappa shape index (κ3) is 14.3. The lowest BCUT2D eigenvalue weighted by molar-refractivity contribution is -0.256. The van der Waals surface area contributed by atoms with E-state index >= 15 is 0 Å². The second-order valence-corrected chi connectivity index (χ2v) is 19.2. The van der Waals surface area contributed by atoms with Gasteiger partial charge < -0.3 is 39.3 Å². The number of allylic oxidation sites excluding steroid dienone is 1. The number of methoxy groups -OCH3 is 1. The van der Waals surface area contributed by atoms with Gasteiger partial charge in [-0.3, -0.25) is 4.90 Å². The van der Waals surface area contributed by atoms with E-state index in [1.54, 1.807) is 29.2 Å². The molecule has 0 aromatic heterocycles. The quantitative estimate of drug-likeness (QED) is 0.0452. The second kappa shape index (κ2) is 26.2. The zero-order valence-corrected chi connectivity index (χ0v) is 40.4. The third-order valence-corrected chi connectivity index (χ3v) is 13.1. The molecule has 0 spiro atoms. The van der Waals surface area contributed by atoms with Crippen molar-refractivity contribution in [2.24, 2.45) is 22.9 Å². The van der Waals surface area contributed by atoms with Crippen LogP contribution in [0.3, 0.4) is 0 Å². The maximum absolute atomic E-state index is 14.2. The molecule has 0 bridgehead atoms. The Balaban J connectivity index is 1.58. The maximum atomic E-state index is 14.2. The van der Waals surface area contributed by atoms with Crippen LogP contribution in [0.15, 0.2) is 71.9 Å². The molecule has 1 saturated carbocycles. The van der Waals surface area contributed by atoms with Crippen LogP contribution < -0.4 is 14.8 Å². The summed E-state index contributed by atoms with van der Waals surface area (Å²) < 4.78 is 40.0. The Hall–Kier alpha value is -4.46. The summed E-state index contributed by atoms with van der Waals surface area (Å²) in [5.41, 5.74) is 2.34. The van der Waals surface area contributed by atoms with E-state index in [0.717, 1.165) is 56.1 Å². The molecule has 2 aromatic rings. The normalized spacial score (nSPS) is 22.6. The molecule has 3 N–H and O–H groups in total. The second-order valence-electron chi connectivity index (χ2n) is 19.2. The number of ether oxygens (including phenoxy) is 4. The van der Waals surface area contributed by atoms with E-state index in [4.69, 9.17) is 28.9 Å². The lowest BCUT2D eigenvalue weighted by Gasteiger charge is -2.59. The topological polar surface area (TPSA) is 148 Å². The molecule has 3 aliphatic rings. The number of nitrogens with one attached hydrogen (secondary N) is 1. The van der Waals surface area contributed by atoms with E-state index in [0.29, 0.717) is 42.2 Å². The SMILES string of the molecule is C=CCO[C@@]12Oc3ccc(OC(=O)NCCCCCCCCCCCC)cc3[C@H]3[C@H](CCCCO)[C@@H](CCCCO)C=C(C(=NOC(C)(C)C)C[C@@H]1N(Cc1ccc(F)cc1)C(=O)OC)[C@H]32. The molecule has 2 aromatic carbocycles. The number of carbonyl (C=O) groups is 2. The van der Waals surface area contributed by atoms with Crippen LogP contribution in [-0.2, 0) is 20.9 Å². The highest BCUT2D eigenvalue weighted by atomic mass is 19.1. The predicted octanol–water partition coefficient (Wildman–Crippen LogP) is 11.5. The molecule has 5 rings (SSSR count). The summed E-state index contributed by atoms with van der Waals surface area (Å²) in [7, 11) is 1.33. The molecule has 6 atom stereocenters. The van der Waals surface area contributed by atoms with Crippen LogP contribution in [0.4, 0.5) is 14.0 Å². The smallest absolute Gasteiger partial charge is 0.412 e. The van der Waals surface area contributed by atoms with E-state index < -0.39 is 41.4 Å². The summed E-state index contributed by atoms with van der Waals surface area (Å²) in [6.07, 6.45) is 19.2. The Kier molecular flexibility index (Phi) is 20.8. The highest BCUT2D eigenvalue weighted by Crippen LogP contribution is 2.62. The molecule has 0 unspecified atom stereocenters. The number of nitrogens with zero attached hydrogens (tertiary/aromatic N) is 2. The predicted molar refractivity (Wildman–Crippen MR) is 256 cm³/mol. The van der Waals surface area contributed by atoms with Crippen molar-refractivity contribution in [2.75, 3.05) is 33.5 Å². The lowest BCUT2D eigenvalue weighted by Crippen LogP contribution is -2.70. The minimum atomic E-state index is -1.53. The number of benzene rings is 2. The highest BCUT2D eigenvalue weighted by Gasteiger charge is 2.65. The van der Waals surface area contributed by atoms with E-state index in [9.17, 15) is 24.2 Å². The summed E-state index contributed by atoms with van der Waals surface area (Å²) in [5.74, 6) is -1.99. The number of aliphatic hydroxyl groups is 2. The van der Waals surface area contributed by atoms with Gasteiger partial charge in [0.15, 0.2) is 0 Å². The van der Waals surface area contributed by atoms with Gasteiger partial charge in [0, 0.05) is 44.2 Å². The summed E-state index contributed by atoms with van der Waals surface area (Å²) in [4.78, 5) is 35.3. The minimum absolute atomic E-state index is 0.00999. The Morgan fingerprint density at radius 2 is 1.61 bits per heavy atom. The fraction of sp³-hybridized carbons (Fsp3) is 0.642. The first-order valence-corrected chi connectivity index (χ1v) is 24.7. The van der Waals surface area contributed by atoms with E-state index in [1.807, 2.05) is 32.9 Å². The maximum Gasteiger partial charge on any atom is 0.412 e. The van der Waals surface area contributed by atoms with Crippen LogP contribution in [0.1, 0.15) is 154 Å². The molecule has 66 heavy (non-hydrogen) atoms. The molecular formula is C53H78FN3O9. The number of halogens is 1. The first kappa shape index (κ1) is 52.5. The Bertz CT molecular complexity index is 1900. The van der Waals surface area contributed by atoms with Gasteiger partial charge in [0.2, 0.25) is 5.79 Å². The molecule has 0 radical (unpaired) electrons. The number of hydrogen-bond acceptors (Lipinski definition) is 10. The van der Waals surface area contributed by atoms with Gasteiger partial charge in [0.1, 0.15) is 29.0 Å². The number of carbonyl (C=O) groups excluding carboxylic acids is 2. The molecule has 2 aliphatic carbocycles. The molecule has 1 heterocycles. The number of hydrogen-bond donors (Lipinski definition) is 3. The van der Waals surface area contributed by atoms with Crippen LogP contribution in [0, 0.1) is 23.6 Å². The van der Waals surface area contributed by atoms with Crippen LogP contribution in [0.2, 0.25) is 0 Å². The molecule has 1 fully saturated rings. The first-order chi connectivity index (χ1) is 31.9. The Morgan fingerprint density at radius 1 is 0.939 bits per heavy atom. The zero-order chi connectivity index (χ0) is 47.5. The lowest BCUT2D eigenvalue weighted by atomic mass is 9.55. The van der Waals surface area contributed by atoms with Gasteiger partial charge >= 0.3 is 12.2 Å². The van der Waals surface area contributed by atoms with Gasteiger partial charge in [-0.2, -0.15) is 0 Å². The molecule has 1 aliphatic heterocycles. The van der Waals surface area contributed by atoms with Crippen molar-refractivity contribution in [1.29, 1.82) is 0 Å². The van der Waals surface area contributed by atoms with Gasteiger partial charge in [-0.05, 0) is 106 Å². The average molecular weight is 920 g/mol. The van der Waals surface area contributed by atoms with Crippen molar-refractivity contribution in [2.45, 2.75) is 167 Å². The van der Waals surface area contributed by atoms with Crippen LogP contribution >= 0.6 is 0 Å². The van der Waals surface area contributed by atoms with Crippen LogP contribution in [0.5, 0.6) is 11.5 Å². The standard InChI is InChI=1S/C53H78FN3O9/c1-7-9-10-11-12-13-14-15-16-19-30-55-50(60)64-41-28-29-46-44(35-41)48-42(23-18-21-32-59)39(22-17-20-31-58)34-43-45(56-66-52(3,4)5)36-47(53(65-46,49(43)48)63-33-8-2)57(51(61)62-6)37-38-24-26-40(54)27-25-38/h8,24-29,34-35,39,42,47-49,58-59H,2,7,9-23,30-33,36-37H2,1,3-6H3,(H,55,60)/t39-,42+,47-,48+,49+,53+/m0/s1. The Morgan fingerprint density at radius 3 is 2.24 bits per heavy atom. The van der Waals surface area contributed by atoms with Gasteiger partial charge in [-0.1, -0.05) is 107 Å². The van der Waals surface area contributed by atoms with Gasteiger partial charge in [-0.25, -0.2) is 14.0 Å². The summed E-state index contributed by atoms with van der Waals surface area (Å²) in [6, 6.07) is 10.6. The van der Waals surface area contributed by atoms with Crippen molar-refractivity contribution in [3.8, 4) is 11.5 Å². The Labute approximate surface area is 393 Å². The van der Waals surface area contributed by atoms with Crippen LogP contribution in [0.25, 0.3) is 0 Å². The third-order valence-electron chi connectivity index (χ3n) is 13.1. The number of aliphatic hydroxyl groups excluding tert-OH is 2. The van der Waals surface area contributed by atoms with Gasteiger partial charge in [0.25, 0.3) is 0 Å². The van der Waals surface area contributed by atoms with E-state index in [-0.39, 0.29) is 50.5 Å². The zero-order valence-electron chi connectivity index (χ0n) is 40.4. The van der Waals surface area contributed by atoms with Gasteiger partial charge in [-0.15, -0.1) is 6.58 Å². The van der Waals surface area contributed by atoms with E-state index in [1.165, 1.54) is 64.2 Å². The van der Waals surface area contributed by atoms with Gasteiger partial charge in [0.05, 0.1) is 25.3 Å². The van der Waals surface area contributed by atoms with Crippen molar-refractivity contribution in [3.05, 3.63) is 83.7 Å². The van der Waals surface area contributed by atoms with Crippen molar-refractivity contribution >= 4 is 17.9 Å². The minimum Gasteiger partial charge on any atom is -0.459 e. The molecule has 0 saturated heterocycles. The van der Waals surface area contributed by atoms with Crippen molar-refractivity contribution in [3.63, 3.8) is 0 Å². The summed E-state index contributed by atoms with van der Waals surface area (Å²) in [5, 5.41) is 27.7. The van der Waals surface area contributed by atoms with Crippen molar-refractivity contribution in [1.82, 2.24) is 10.2 Å². The van der Waals surface area contributed by atoms with Crippen molar-refractivity contribution < 1.29 is 48.0 Å². The summed E-state index contributed by atoms with van der Waals surface area (Å²) >= 11 is 0. The molecule has 366 valence electrons. The fourth-order valence-corrected chi connectivity index (χ4v) is 10.1. The number of amides is 2. The summed E-state index contributed by atoms with van der Waals surface area (Å²) in [6.45, 7) is 12.8. The number of unbranched alkanes of at least 4 members (excludes halogenated alkanes) is 11. The largest absolute Gasteiger partial charge is 0.459 e. The molecule has 12 nitrogen and oxygen atoms in total. The molecule has 13 heteroatoms. The number of rotatable bonds is 27. The molecule has 2 amide bonds. The number of fused-ring (bicyclic) bond motifs is 2. The highest BCUT2D eigenvalue weighted by molar-refractivity contribution is 6.03. The number of oxime groups is 1. The fourth-order valence-electron chi connectivity index (χ4n) is 10.1. The van der Waals surface area contributed by atoms with Crippen LogP contribution in [-0.4, -0.2) is 83.9 Å².